The van der Waals surface area contributed by atoms with Gasteiger partial charge in [-0.1, -0.05) is 12.8 Å². The van der Waals surface area contributed by atoms with Crippen molar-refractivity contribution in [3.05, 3.63) is 0 Å². The largest absolute Gasteiger partial charge is 0.379 e. The molecule has 1 aliphatic carbocycles. The predicted molar refractivity (Wildman–Crippen MR) is 53.8 cm³/mol. The first-order valence-corrected chi connectivity index (χ1v) is 5.56. The molecule has 5 nitrogen and oxygen atoms in total. The summed E-state index contributed by atoms with van der Waals surface area (Å²) in [5.74, 6) is -0.404. The van der Waals surface area contributed by atoms with Gasteiger partial charge >= 0.3 is 0 Å². The molecule has 0 aromatic carbocycles. The molecule has 0 aromatic rings. The minimum atomic E-state index is -0.258. The van der Waals surface area contributed by atoms with Gasteiger partial charge in [0.15, 0.2) is 0 Å². The second-order valence-corrected chi connectivity index (χ2v) is 4.30. The van der Waals surface area contributed by atoms with Gasteiger partial charge in [-0.3, -0.25) is 9.63 Å². The van der Waals surface area contributed by atoms with E-state index < -0.39 is 0 Å². The monoisotopic (exact) mass is 214 g/mol. The highest BCUT2D eigenvalue weighted by molar-refractivity contribution is 5.78. The molecule has 0 spiro atoms. The average molecular weight is 214 g/mol. The Hall–Kier alpha value is -0.650. The SMILES string of the molecule is NC1COCC1C(=O)NOC1CCCC1. The highest BCUT2D eigenvalue weighted by atomic mass is 16.7. The van der Waals surface area contributed by atoms with E-state index in [1.807, 2.05) is 0 Å². The van der Waals surface area contributed by atoms with Crippen LogP contribution in [0.15, 0.2) is 0 Å². The van der Waals surface area contributed by atoms with Gasteiger partial charge in [0.05, 0.1) is 25.2 Å². The zero-order chi connectivity index (χ0) is 10.7. The Kier molecular flexibility index (Phi) is 3.56. The molecule has 2 atom stereocenters. The Morgan fingerprint density at radius 1 is 1.33 bits per heavy atom. The summed E-state index contributed by atoms with van der Waals surface area (Å²) in [4.78, 5) is 16.9. The molecular weight excluding hydrogens is 196 g/mol. The predicted octanol–water partition coefficient (Wildman–Crippen LogP) is -0.0495. The lowest BCUT2D eigenvalue weighted by atomic mass is 10.0. The summed E-state index contributed by atoms with van der Waals surface area (Å²) in [6.45, 7) is 0.864. The van der Waals surface area contributed by atoms with Crippen LogP contribution in [-0.4, -0.2) is 31.3 Å². The molecule has 86 valence electrons. The number of carbonyl (C=O) groups excluding carboxylic acids is 1. The van der Waals surface area contributed by atoms with Crippen molar-refractivity contribution >= 4 is 5.91 Å². The number of hydroxylamine groups is 1. The number of carbonyl (C=O) groups is 1. The normalized spacial score (nSPS) is 32.1. The first kappa shape index (κ1) is 10.9. The standard InChI is InChI=1S/C10H18N2O3/c11-9-6-14-5-8(9)10(13)12-15-7-3-1-2-4-7/h7-9H,1-6,11H2,(H,12,13). The second kappa shape index (κ2) is 4.92. The maximum Gasteiger partial charge on any atom is 0.250 e. The topological polar surface area (TPSA) is 73.6 Å². The van der Waals surface area contributed by atoms with Crippen LogP contribution in [0.25, 0.3) is 0 Å². The fourth-order valence-corrected chi connectivity index (χ4v) is 2.06. The van der Waals surface area contributed by atoms with Gasteiger partial charge in [-0.2, -0.15) is 0 Å². The molecule has 1 amide bonds. The quantitative estimate of drug-likeness (QED) is 0.646. The third kappa shape index (κ3) is 2.68. The molecule has 2 fully saturated rings. The summed E-state index contributed by atoms with van der Waals surface area (Å²) < 4.78 is 5.12. The Morgan fingerprint density at radius 2 is 2.07 bits per heavy atom. The van der Waals surface area contributed by atoms with Crippen molar-refractivity contribution in [3.8, 4) is 0 Å². The number of hydrogen-bond acceptors (Lipinski definition) is 4. The average Bonchev–Trinajstić information content (AvgIpc) is 2.84. The molecule has 0 radical (unpaired) electrons. The van der Waals surface area contributed by atoms with E-state index in [9.17, 15) is 4.79 Å². The number of ether oxygens (including phenoxy) is 1. The summed E-state index contributed by atoms with van der Waals surface area (Å²) in [6, 6.07) is -0.197. The molecule has 1 aliphatic heterocycles. The first-order chi connectivity index (χ1) is 7.27. The lowest BCUT2D eigenvalue weighted by Gasteiger charge is -2.15. The fourth-order valence-electron chi connectivity index (χ4n) is 2.06. The van der Waals surface area contributed by atoms with E-state index in [0.29, 0.717) is 13.2 Å². The van der Waals surface area contributed by atoms with Gasteiger partial charge in [0.2, 0.25) is 0 Å². The first-order valence-electron chi connectivity index (χ1n) is 5.56. The molecule has 5 heteroatoms. The van der Waals surface area contributed by atoms with Crippen LogP contribution in [-0.2, 0) is 14.4 Å². The van der Waals surface area contributed by atoms with Crippen molar-refractivity contribution in [3.63, 3.8) is 0 Å². The molecule has 1 heterocycles. The molecule has 2 rings (SSSR count). The Labute approximate surface area is 89.2 Å². The number of nitrogens with one attached hydrogen (secondary N) is 1. The molecule has 1 saturated carbocycles. The van der Waals surface area contributed by atoms with E-state index >= 15 is 0 Å². The molecule has 1 saturated heterocycles. The van der Waals surface area contributed by atoms with Gasteiger partial charge < -0.3 is 10.5 Å². The molecule has 0 bridgehead atoms. The number of rotatable bonds is 3. The Balaban J connectivity index is 1.71. The third-order valence-electron chi connectivity index (χ3n) is 3.09. The molecular formula is C10H18N2O3. The van der Waals surface area contributed by atoms with Crippen LogP contribution < -0.4 is 11.2 Å². The summed E-state index contributed by atoms with van der Waals surface area (Å²) in [7, 11) is 0. The van der Waals surface area contributed by atoms with Crippen LogP contribution in [0.5, 0.6) is 0 Å². The van der Waals surface area contributed by atoms with Gasteiger partial charge in [-0.15, -0.1) is 0 Å². The van der Waals surface area contributed by atoms with Crippen molar-refractivity contribution in [2.24, 2.45) is 11.7 Å². The van der Waals surface area contributed by atoms with Crippen LogP contribution in [0.3, 0.4) is 0 Å². The van der Waals surface area contributed by atoms with Crippen molar-refractivity contribution < 1.29 is 14.4 Å². The fraction of sp³-hybridized carbons (Fsp3) is 0.900. The minimum absolute atomic E-state index is 0.146. The van der Waals surface area contributed by atoms with E-state index in [1.54, 1.807) is 0 Å². The number of amides is 1. The Morgan fingerprint density at radius 3 is 2.67 bits per heavy atom. The van der Waals surface area contributed by atoms with E-state index in [0.717, 1.165) is 12.8 Å². The zero-order valence-electron chi connectivity index (χ0n) is 8.78. The lowest BCUT2D eigenvalue weighted by molar-refractivity contribution is -0.142. The van der Waals surface area contributed by atoms with Crippen LogP contribution in [0.2, 0.25) is 0 Å². The number of hydrogen-bond donors (Lipinski definition) is 2. The van der Waals surface area contributed by atoms with Gasteiger partial charge in [0.25, 0.3) is 5.91 Å². The van der Waals surface area contributed by atoms with Crippen LogP contribution in [0.1, 0.15) is 25.7 Å². The lowest BCUT2D eigenvalue weighted by Crippen LogP contribution is -2.42. The third-order valence-corrected chi connectivity index (χ3v) is 3.09. The molecule has 2 unspecified atom stereocenters. The Bertz CT molecular complexity index is 229. The van der Waals surface area contributed by atoms with E-state index in [1.165, 1.54) is 12.8 Å². The van der Waals surface area contributed by atoms with E-state index in [2.05, 4.69) is 5.48 Å². The van der Waals surface area contributed by atoms with E-state index in [-0.39, 0.29) is 24.0 Å². The molecule has 3 N–H and O–H groups in total. The minimum Gasteiger partial charge on any atom is -0.379 e. The van der Waals surface area contributed by atoms with Crippen molar-refractivity contribution in [1.29, 1.82) is 0 Å². The molecule has 2 aliphatic rings. The highest BCUT2D eigenvalue weighted by Crippen LogP contribution is 2.20. The van der Waals surface area contributed by atoms with Gasteiger partial charge in [-0.25, -0.2) is 5.48 Å². The summed E-state index contributed by atoms with van der Waals surface area (Å²) in [6.07, 6.45) is 4.63. The van der Waals surface area contributed by atoms with Crippen molar-refractivity contribution in [2.45, 2.75) is 37.8 Å². The van der Waals surface area contributed by atoms with Gasteiger partial charge in [-0.05, 0) is 12.8 Å². The summed E-state index contributed by atoms with van der Waals surface area (Å²) in [5.41, 5.74) is 8.22. The van der Waals surface area contributed by atoms with Gasteiger partial charge in [0, 0.05) is 6.04 Å². The van der Waals surface area contributed by atoms with E-state index in [4.69, 9.17) is 15.3 Å². The smallest absolute Gasteiger partial charge is 0.250 e. The van der Waals surface area contributed by atoms with Crippen LogP contribution >= 0.6 is 0 Å². The molecule has 0 aromatic heterocycles. The maximum absolute atomic E-state index is 11.6. The zero-order valence-corrected chi connectivity index (χ0v) is 8.78. The van der Waals surface area contributed by atoms with Crippen LogP contribution in [0, 0.1) is 5.92 Å². The second-order valence-electron chi connectivity index (χ2n) is 4.30. The summed E-state index contributed by atoms with van der Waals surface area (Å²) in [5, 5.41) is 0. The summed E-state index contributed by atoms with van der Waals surface area (Å²) >= 11 is 0. The van der Waals surface area contributed by atoms with Crippen molar-refractivity contribution in [2.75, 3.05) is 13.2 Å². The van der Waals surface area contributed by atoms with Gasteiger partial charge in [0.1, 0.15) is 0 Å². The van der Waals surface area contributed by atoms with Crippen molar-refractivity contribution in [1.82, 2.24) is 5.48 Å². The van der Waals surface area contributed by atoms with Crippen LogP contribution in [0.4, 0.5) is 0 Å². The molecule has 15 heavy (non-hydrogen) atoms. The number of nitrogens with two attached hydrogens (primary N) is 1. The highest BCUT2D eigenvalue weighted by Gasteiger charge is 2.32. The maximum atomic E-state index is 11.6.